The number of aromatic nitrogens is 1. The molecule has 3 aliphatic rings. The molecule has 24 heavy (non-hydrogen) atoms. The number of nitrogens with one attached hydrogen (secondary N) is 1. The van der Waals surface area contributed by atoms with Crippen molar-refractivity contribution in [3.63, 3.8) is 0 Å². The van der Waals surface area contributed by atoms with E-state index < -0.39 is 5.41 Å². The summed E-state index contributed by atoms with van der Waals surface area (Å²) in [4.78, 5) is 31.8. The first-order valence-electron chi connectivity index (χ1n) is 9.18. The van der Waals surface area contributed by atoms with E-state index in [-0.39, 0.29) is 17.7 Å². The van der Waals surface area contributed by atoms with E-state index in [1.165, 1.54) is 12.8 Å². The Balaban J connectivity index is 1.40. The van der Waals surface area contributed by atoms with E-state index in [0.717, 1.165) is 44.5 Å². The van der Waals surface area contributed by atoms with Gasteiger partial charge < -0.3 is 10.2 Å². The normalized spacial score (nSPS) is 25.2. The van der Waals surface area contributed by atoms with E-state index in [1.807, 2.05) is 23.1 Å². The summed E-state index contributed by atoms with van der Waals surface area (Å²) in [5, 5.41) is 3.07. The van der Waals surface area contributed by atoms with Crippen molar-refractivity contribution in [1.82, 2.24) is 15.2 Å². The molecule has 1 aromatic rings. The van der Waals surface area contributed by atoms with Gasteiger partial charge in [0.15, 0.2) is 0 Å². The van der Waals surface area contributed by atoms with Crippen LogP contribution in [0.15, 0.2) is 24.4 Å². The average molecular weight is 327 g/mol. The van der Waals surface area contributed by atoms with Crippen LogP contribution in [0.25, 0.3) is 0 Å². The summed E-state index contributed by atoms with van der Waals surface area (Å²) in [7, 11) is 0. The smallest absolute Gasteiger partial charge is 0.234 e. The molecule has 0 bridgehead atoms. The Morgan fingerprint density at radius 2 is 2.08 bits per heavy atom. The Kier molecular flexibility index (Phi) is 4.02. The molecule has 4 rings (SSSR count). The Hall–Kier alpha value is -1.91. The van der Waals surface area contributed by atoms with Gasteiger partial charge in [-0.25, -0.2) is 0 Å². The van der Waals surface area contributed by atoms with Crippen LogP contribution in [-0.4, -0.2) is 41.3 Å². The third kappa shape index (κ3) is 3.04. The summed E-state index contributed by atoms with van der Waals surface area (Å²) in [5.41, 5.74) is 0.462. The van der Waals surface area contributed by atoms with Gasteiger partial charge in [0.05, 0.1) is 17.0 Å². The zero-order valence-corrected chi connectivity index (χ0v) is 14.0. The fourth-order valence-corrected chi connectivity index (χ4v) is 3.74. The first-order valence-corrected chi connectivity index (χ1v) is 9.18. The number of hydrogen-bond donors (Lipinski definition) is 1. The van der Waals surface area contributed by atoms with Crippen LogP contribution in [-0.2, 0) is 15.0 Å². The molecule has 0 unspecified atom stereocenters. The lowest BCUT2D eigenvalue weighted by Crippen LogP contribution is -2.49. The maximum absolute atomic E-state index is 13.1. The Bertz CT molecular complexity index is 623. The van der Waals surface area contributed by atoms with Crippen LogP contribution < -0.4 is 5.32 Å². The van der Waals surface area contributed by atoms with Gasteiger partial charge in [-0.05, 0) is 56.6 Å². The van der Waals surface area contributed by atoms with E-state index in [4.69, 9.17) is 0 Å². The predicted octanol–water partition coefficient (Wildman–Crippen LogP) is 1.88. The molecule has 5 heteroatoms. The first kappa shape index (κ1) is 15.6. The Morgan fingerprint density at radius 3 is 2.75 bits per heavy atom. The molecule has 1 N–H and O–H groups in total. The molecule has 5 nitrogen and oxygen atoms in total. The summed E-state index contributed by atoms with van der Waals surface area (Å²) in [6, 6.07) is 5.78. The van der Waals surface area contributed by atoms with E-state index in [9.17, 15) is 9.59 Å². The Morgan fingerprint density at radius 1 is 1.25 bits per heavy atom. The molecule has 0 radical (unpaired) electrons. The van der Waals surface area contributed by atoms with Crippen LogP contribution in [0, 0.1) is 11.8 Å². The van der Waals surface area contributed by atoms with E-state index in [0.29, 0.717) is 12.5 Å². The van der Waals surface area contributed by atoms with Gasteiger partial charge in [0.1, 0.15) is 0 Å². The van der Waals surface area contributed by atoms with Gasteiger partial charge in [0.2, 0.25) is 11.8 Å². The van der Waals surface area contributed by atoms with Gasteiger partial charge in [-0.1, -0.05) is 6.07 Å². The number of piperidine rings is 1. The summed E-state index contributed by atoms with van der Waals surface area (Å²) >= 11 is 0. The molecule has 2 aliphatic carbocycles. The predicted molar refractivity (Wildman–Crippen MR) is 90.2 cm³/mol. The monoisotopic (exact) mass is 327 g/mol. The summed E-state index contributed by atoms with van der Waals surface area (Å²) in [5.74, 6) is 0.929. The lowest BCUT2D eigenvalue weighted by atomic mass is 9.93. The van der Waals surface area contributed by atoms with Crippen molar-refractivity contribution in [2.24, 2.45) is 11.8 Å². The van der Waals surface area contributed by atoms with Gasteiger partial charge in [0.25, 0.3) is 0 Å². The molecule has 2 heterocycles. The highest BCUT2D eigenvalue weighted by atomic mass is 16.2. The van der Waals surface area contributed by atoms with Crippen LogP contribution in [0.1, 0.15) is 44.2 Å². The average Bonchev–Trinajstić information content (AvgIpc) is 3.54. The van der Waals surface area contributed by atoms with Gasteiger partial charge in [-0.15, -0.1) is 0 Å². The molecule has 3 fully saturated rings. The molecule has 1 atom stereocenters. The Labute approximate surface area is 142 Å². The van der Waals surface area contributed by atoms with E-state index in [1.54, 1.807) is 6.20 Å². The summed E-state index contributed by atoms with van der Waals surface area (Å²) < 4.78 is 0. The topological polar surface area (TPSA) is 62.3 Å². The van der Waals surface area contributed by atoms with Crippen molar-refractivity contribution in [3.05, 3.63) is 30.1 Å². The zero-order valence-electron chi connectivity index (χ0n) is 14.0. The van der Waals surface area contributed by atoms with Crippen LogP contribution in [0.2, 0.25) is 0 Å². The molecule has 2 amide bonds. The summed E-state index contributed by atoms with van der Waals surface area (Å²) in [6.45, 7) is 2.13. The maximum atomic E-state index is 13.1. The van der Waals surface area contributed by atoms with Crippen molar-refractivity contribution in [2.75, 3.05) is 19.6 Å². The van der Waals surface area contributed by atoms with Gasteiger partial charge in [0, 0.05) is 25.8 Å². The quantitative estimate of drug-likeness (QED) is 0.898. The fourth-order valence-electron chi connectivity index (χ4n) is 3.74. The highest BCUT2D eigenvalue weighted by molar-refractivity contribution is 5.91. The second-order valence-electron chi connectivity index (χ2n) is 7.58. The van der Waals surface area contributed by atoms with Gasteiger partial charge in [-0.2, -0.15) is 0 Å². The highest BCUT2D eigenvalue weighted by Gasteiger charge is 2.54. The minimum Gasteiger partial charge on any atom is -0.356 e. The number of rotatable bonds is 5. The lowest BCUT2D eigenvalue weighted by molar-refractivity contribution is -0.138. The van der Waals surface area contributed by atoms with Crippen molar-refractivity contribution < 1.29 is 9.59 Å². The lowest BCUT2D eigenvalue weighted by Gasteiger charge is -2.34. The molecular formula is C19H25N3O2. The number of carbonyl (C=O) groups excluding carboxylic acids is 2. The molecule has 1 aliphatic heterocycles. The molecular weight excluding hydrogens is 302 g/mol. The minimum atomic E-state index is -0.423. The number of nitrogens with zero attached hydrogens (tertiary/aromatic N) is 2. The van der Waals surface area contributed by atoms with Crippen LogP contribution >= 0.6 is 0 Å². The summed E-state index contributed by atoms with van der Waals surface area (Å²) in [6.07, 6.45) is 7.77. The van der Waals surface area contributed by atoms with Gasteiger partial charge in [-0.3, -0.25) is 14.6 Å². The van der Waals surface area contributed by atoms with E-state index in [2.05, 4.69) is 10.3 Å². The standard InChI is InChI=1S/C19H25N3O2/c23-17(21-12-14-6-7-14)15-4-3-11-22(13-15)18(24)19(8-9-19)16-5-1-2-10-20-16/h1-2,5,10,14-15H,3-4,6-9,11-13H2,(H,21,23)/t15-/m0/s1. The largest absolute Gasteiger partial charge is 0.356 e. The number of pyridine rings is 1. The van der Waals surface area contributed by atoms with Crippen molar-refractivity contribution in [2.45, 2.75) is 43.9 Å². The maximum Gasteiger partial charge on any atom is 0.234 e. The molecule has 2 saturated carbocycles. The van der Waals surface area contributed by atoms with Crippen molar-refractivity contribution in [1.29, 1.82) is 0 Å². The fraction of sp³-hybridized carbons (Fsp3) is 0.632. The number of carbonyl (C=O) groups is 2. The van der Waals surface area contributed by atoms with Gasteiger partial charge >= 0.3 is 0 Å². The van der Waals surface area contributed by atoms with Crippen LogP contribution in [0.3, 0.4) is 0 Å². The third-order valence-electron chi connectivity index (χ3n) is 5.66. The van der Waals surface area contributed by atoms with Crippen LogP contribution in [0.4, 0.5) is 0 Å². The highest BCUT2D eigenvalue weighted by Crippen LogP contribution is 2.49. The SMILES string of the molecule is O=C(NCC1CC1)[C@H]1CCCN(C(=O)C2(c3ccccn3)CC2)C1. The molecule has 128 valence electrons. The molecule has 1 aromatic heterocycles. The van der Waals surface area contributed by atoms with Crippen molar-refractivity contribution >= 4 is 11.8 Å². The third-order valence-corrected chi connectivity index (χ3v) is 5.66. The van der Waals surface area contributed by atoms with E-state index >= 15 is 0 Å². The second-order valence-corrected chi connectivity index (χ2v) is 7.58. The molecule has 1 saturated heterocycles. The zero-order chi connectivity index (χ0) is 16.6. The second kappa shape index (κ2) is 6.19. The molecule has 0 aromatic carbocycles. The molecule has 0 spiro atoms. The van der Waals surface area contributed by atoms with Crippen LogP contribution in [0.5, 0.6) is 0 Å². The number of likely N-dealkylation sites (tertiary alicyclic amines) is 1. The first-order chi connectivity index (χ1) is 11.7. The number of amides is 2. The van der Waals surface area contributed by atoms with Crippen molar-refractivity contribution in [3.8, 4) is 0 Å². The minimum absolute atomic E-state index is 0.0546. The number of hydrogen-bond acceptors (Lipinski definition) is 3.